The van der Waals surface area contributed by atoms with E-state index in [1.165, 1.54) is 64.2 Å². The van der Waals surface area contributed by atoms with Gasteiger partial charge in [-0.2, -0.15) is 0 Å². The summed E-state index contributed by atoms with van der Waals surface area (Å²) in [6, 6.07) is 0. The van der Waals surface area contributed by atoms with E-state index in [9.17, 15) is 28.8 Å². The summed E-state index contributed by atoms with van der Waals surface area (Å²) in [6.45, 7) is 33.9. The van der Waals surface area contributed by atoms with Crippen molar-refractivity contribution >= 4 is 47.5 Å². The van der Waals surface area contributed by atoms with Crippen molar-refractivity contribution in [2.75, 3.05) is 0 Å². The Labute approximate surface area is 463 Å². The molecule has 0 amide bonds. The van der Waals surface area contributed by atoms with Crippen molar-refractivity contribution in [2.45, 2.75) is 251 Å². The summed E-state index contributed by atoms with van der Waals surface area (Å²) in [5, 5.41) is 0. The van der Waals surface area contributed by atoms with Gasteiger partial charge in [-0.05, 0) is 222 Å². The lowest BCUT2D eigenvalue weighted by Crippen LogP contribution is -2.54. The Hall–Kier alpha value is -2.09. The molecule has 8 aliphatic rings. The Morgan fingerprint density at radius 2 is 0.733 bits per heavy atom. The van der Waals surface area contributed by atoms with Crippen molar-refractivity contribution in [1.82, 2.24) is 0 Å². The number of hydrogen-bond acceptors (Lipinski definition) is 8. The molecule has 0 aromatic heterocycles. The maximum atomic E-state index is 13.3. The molecule has 8 fully saturated rings. The Kier molecular flexibility index (Phi) is 20.1. The van der Waals surface area contributed by atoms with Gasteiger partial charge < -0.3 is 9.47 Å². The van der Waals surface area contributed by atoms with Gasteiger partial charge in [0, 0.05) is 36.5 Å². The summed E-state index contributed by atoms with van der Waals surface area (Å²) in [5.74, 6) is 7.05. The molecule has 0 aromatic rings. The van der Waals surface area contributed by atoms with Crippen LogP contribution in [0.25, 0.3) is 0 Å². The first-order valence-corrected chi connectivity index (χ1v) is 31.1. The van der Waals surface area contributed by atoms with E-state index >= 15 is 0 Å². The lowest BCUT2D eigenvalue weighted by molar-refractivity contribution is -0.169. The average molecular weight is 1070 g/mol. The fraction of sp³-hybridized carbons (Fsp3) is 0.909. The molecule has 9 heteroatoms. The van der Waals surface area contributed by atoms with Crippen LogP contribution >= 0.6 is 12.4 Å². The van der Waals surface area contributed by atoms with Crippen molar-refractivity contribution in [3.63, 3.8) is 0 Å². The number of carbonyl (C=O) groups excluding carboxylic acids is 6. The molecule has 0 heterocycles. The highest BCUT2D eigenvalue weighted by Gasteiger charge is 2.63. The minimum atomic E-state index is -0.342. The number of ether oxygens (including phenoxy) is 2. The van der Waals surface area contributed by atoms with Gasteiger partial charge in [0.05, 0.1) is 11.8 Å². The molecule has 0 aliphatic heterocycles. The number of rotatable bonds is 16. The fourth-order valence-electron chi connectivity index (χ4n) is 19.2. The van der Waals surface area contributed by atoms with Crippen molar-refractivity contribution in [3.05, 3.63) is 0 Å². The molecule has 8 aliphatic carbocycles. The standard InChI is InChI=1S/2C33H54O4.ClH/c2*1-19(2)21(5)30(35)18-26(20(3)4)31(36)37-24-13-15-32(7)23(17-24)9-10-25-28-12-11-27(22(6)34)33(28,8)16-14-29(25)32;/h2*19-21,23-29H,9-18H2,1-8H3;1H/t21?,23?,24?,25?,26?,27-,28?,29?,32+,33-;21?,23?,24?,25-,26?,27+,28?,29?,32-,33+;/m10./s1. The van der Waals surface area contributed by atoms with Crippen LogP contribution in [0.5, 0.6) is 0 Å². The van der Waals surface area contributed by atoms with E-state index in [0.717, 1.165) is 75.0 Å². The third-order valence-corrected chi connectivity index (χ3v) is 24.9. The van der Waals surface area contributed by atoms with E-state index in [0.29, 0.717) is 58.9 Å². The van der Waals surface area contributed by atoms with Gasteiger partial charge in [0.2, 0.25) is 0 Å². The molecule has 8 saturated carbocycles. The molecule has 0 N–H and O–H groups in total. The molecule has 0 spiro atoms. The topological polar surface area (TPSA) is 121 Å². The first-order valence-electron chi connectivity index (χ1n) is 31.1. The van der Waals surface area contributed by atoms with Crippen molar-refractivity contribution in [2.24, 2.45) is 128 Å². The normalized spacial score (nSPS) is 40.4. The summed E-state index contributed by atoms with van der Waals surface area (Å²) in [4.78, 5) is 77.0. The van der Waals surface area contributed by atoms with Crippen LogP contribution in [0, 0.1) is 128 Å². The molecule has 75 heavy (non-hydrogen) atoms. The van der Waals surface area contributed by atoms with Gasteiger partial charge in [0.1, 0.15) is 35.3 Å². The van der Waals surface area contributed by atoms with E-state index in [1.54, 1.807) is 0 Å². The Morgan fingerprint density at radius 1 is 0.413 bits per heavy atom. The molecular formula is C66H109ClO8. The minimum Gasteiger partial charge on any atom is -0.462 e. The maximum Gasteiger partial charge on any atom is 0.309 e. The average Bonchev–Trinajstić information content (AvgIpc) is 3.89. The van der Waals surface area contributed by atoms with E-state index in [4.69, 9.17) is 9.47 Å². The summed E-state index contributed by atoms with van der Waals surface area (Å²) in [7, 11) is 0. The molecule has 0 radical (unpaired) electrons. The number of esters is 2. The molecule has 0 saturated heterocycles. The third-order valence-electron chi connectivity index (χ3n) is 24.9. The van der Waals surface area contributed by atoms with Gasteiger partial charge in [0.25, 0.3) is 0 Å². The number of fused-ring (bicyclic) bond motifs is 10. The van der Waals surface area contributed by atoms with Crippen LogP contribution in [0.2, 0.25) is 0 Å². The highest BCUT2D eigenvalue weighted by molar-refractivity contribution is 5.87. The van der Waals surface area contributed by atoms with Crippen LogP contribution in [-0.4, -0.2) is 47.3 Å². The van der Waals surface area contributed by atoms with Gasteiger partial charge in [-0.25, -0.2) is 0 Å². The number of ketones is 4. The SMILES string of the molecule is CC(=O)[C@H]1CCC2C3CCC4CC(OC(=O)C(CC(=O)C(C)C(C)C)C(C)C)CC[C@]4(C)C3CC[C@@]21C.CC(=O)[C@H]1CCC2[C@@H]3CCC4CC(OC(=O)C(CC(=O)C(C)C(C)C)C(C)C)CC[C@]4(C)C3CC[C@@]21C.Cl. The van der Waals surface area contributed by atoms with Gasteiger partial charge >= 0.3 is 11.9 Å². The summed E-state index contributed by atoms with van der Waals surface area (Å²) >= 11 is 0. The van der Waals surface area contributed by atoms with Gasteiger partial charge in [-0.1, -0.05) is 96.9 Å². The van der Waals surface area contributed by atoms with Gasteiger partial charge in [0.15, 0.2) is 0 Å². The lowest BCUT2D eigenvalue weighted by Gasteiger charge is -2.61. The zero-order valence-electron chi connectivity index (χ0n) is 50.4. The van der Waals surface area contributed by atoms with Crippen LogP contribution in [0.15, 0.2) is 0 Å². The molecule has 0 aromatic carbocycles. The second kappa shape index (κ2) is 24.3. The van der Waals surface area contributed by atoms with E-state index in [-0.39, 0.29) is 118 Å². The second-order valence-electron chi connectivity index (χ2n) is 29.7. The van der Waals surface area contributed by atoms with Crippen molar-refractivity contribution < 1.29 is 38.2 Å². The fourth-order valence-corrected chi connectivity index (χ4v) is 19.2. The zero-order chi connectivity index (χ0) is 54.6. The van der Waals surface area contributed by atoms with Crippen LogP contribution in [0.1, 0.15) is 239 Å². The van der Waals surface area contributed by atoms with Gasteiger partial charge in [-0.3, -0.25) is 28.8 Å². The highest BCUT2D eigenvalue weighted by atomic mass is 35.5. The van der Waals surface area contributed by atoms with E-state index in [1.807, 2.05) is 55.4 Å². The molecule has 8 rings (SSSR count). The predicted molar refractivity (Wildman–Crippen MR) is 303 cm³/mol. The quantitative estimate of drug-likeness (QED) is 0.140. The Balaban J connectivity index is 0.000000241. The molecule has 428 valence electrons. The highest BCUT2D eigenvalue weighted by Crippen LogP contribution is 2.69. The summed E-state index contributed by atoms with van der Waals surface area (Å²) in [6.07, 6.45) is 21.2. The van der Waals surface area contributed by atoms with Crippen LogP contribution < -0.4 is 0 Å². The molecular weight excluding hydrogens is 956 g/mol. The second-order valence-corrected chi connectivity index (χ2v) is 29.7. The molecule has 0 bridgehead atoms. The number of Topliss-reactive ketones (excluding diaryl/α,β-unsaturated/α-hetero) is 4. The number of carbonyl (C=O) groups is 6. The van der Waals surface area contributed by atoms with Crippen molar-refractivity contribution in [1.29, 1.82) is 0 Å². The Morgan fingerprint density at radius 3 is 1.04 bits per heavy atom. The monoisotopic (exact) mass is 1060 g/mol. The first-order chi connectivity index (χ1) is 34.6. The molecule has 13 unspecified atom stereocenters. The summed E-state index contributed by atoms with van der Waals surface area (Å²) in [5.41, 5.74) is 1.06. The smallest absolute Gasteiger partial charge is 0.309 e. The Bertz CT molecular complexity index is 1900. The van der Waals surface area contributed by atoms with Crippen LogP contribution in [0.4, 0.5) is 0 Å². The summed E-state index contributed by atoms with van der Waals surface area (Å²) < 4.78 is 12.4. The zero-order valence-corrected chi connectivity index (χ0v) is 51.2. The molecule has 8 nitrogen and oxygen atoms in total. The first kappa shape index (κ1) is 62.1. The van der Waals surface area contributed by atoms with E-state index in [2.05, 4.69) is 55.4 Å². The third kappa shape index (κ3) is 12.2. The maximum absolute atomic E-state index is 13.3. The van der Waals surface area contributed by atoms with Crippen LogP contribution in [-0.2, 0) is 38.2 Å². The number of halogens is 1. The number of hydrogen-bond donors (Lipinski definition) is 0. The molecule has 20 atom stereocenters. The largest absolute Gasteiger partial charge is 0.462 e. The van der Waals surface area contributed by atoms with E-state index < -0.39 is 0 Å². The van der Waals surface area contributed by atoms with Crippen LogP contribution in [0.3, 0.4) is 0 Å². The predicted octanol–water partition coefficient (Wildman–Crippen LogP) is 15.8. The minimum absolute atomic E-state index is 0. The van der Waals surface area contributed by atoms with Crippen molar-refractivity contribution in [3.8, 4) is 0 Å². The lowest BCUT2D eigenvalue weighted by atomic mass is 9.44. The van der Waals surface area contributed by atoms with Gasteiger partial charge in [-0.15, -0.1) is 12.4 Å².